The van der Waals surface area contributed by atoms with Crippen molar-refractivity contribution in [2.24, 2.45) is 11.7 Å². The van der Waals surface area contributed by atoms with E-state index in [1.54, 1.807) is 12.1 Å². The van der Waals surface area contributed by atoms with Gasteiger partial charge in [0.25, 0.3) is 0 Å². The van der Waals surface area contributed by atoms with Gasteiger partial charge in [-0.2, -0.15) is 0 Å². The highest BCUT2D eigenvalue weighted by Crippen LogP contribution is 2.25. The first kappa shape index (κ1) is 14.4. The van der Waals surface area contributed by atoms with E-state index in [0.717, 1.165) is 10.9 Å². The Bertz CT molecular complexity index is 521. The standard InChI is InChI=1S/C13H15BrN2O2S/c1-7-4-8(6-18-7)13(17)16-11-5-9(14)2-3-10(11)12(15)19/h2-3,5,7-8H,4,6H2,1H3,(H2,15,19)(H,16,17). The quantitative estimate of drug-likeness (QED) is 0.828. The largest absolute Gasteiger partial charge is 0.389 e. The molecular formula is C13H15BrN2O2S. The van der Waals surface area contributed by atoms with Gasteiger partial charge in [-0.15, -0.1) is 0 Å². The second-order valence-corrected chi connectivity index (χ2v) is 5.98. The third kappa shape index (κ3) is 3.52. The molecule has 3 N–H and O–H groups in total. The number of amides is 1. The van der Waals surface area contributed by atoms with E-state index in [1.807, 2.05) is 13.0 Å². The second kappa shape index (κ2) is 5.98. The van der Waals surface area contributed by atoms with Crippen molar-refractivity contribution in [3.8, 4) is 0 Å². The molecule has 0 aliphatic carbocycles. The lowest BCUT2D eigenvalue weighted by atomic mass is 10.0. The topological polar surface area (TPSA) is 64.4 Å². The first-order valence-corrected chi connectivity index (χ1v) is 7.19. The lowest BCUT2D eigenvalue weighted by Gasteiger charge is -2.13. The Kier molecular flexibility index (Phi) is 4.54. The van der Waals surface area contributed by atoms with Crippen molar-refractivity contribution < 1.29 is 9.53 Å². The normalized spacial score (nSPS) is 22.2. The molecule has 0 saturated carbocycles. The molecule has 1 aromatic carbocycles. The van der Waals surface area contributed by atoms with Crippen LogP contribution >= 0.6 is 28.1 Å². The van der Waals surface area contributed by atoms with E-state index < -0.39 is 0 Å². The summed E-state index contributed by atoms with van der Waals surface area (Å²) in [7, 11) is 0. The Labute approximate surface area is 125 Å². The smallest absolute Gasteiger partial charge is 0.229 e. The van der Waals surface area contributed by atoms with Crippen LogP contribution in [0.4, 0.5) is 5.69 Å². The minimum Gasteiger partial charge on any atom is -0.389 e. The summed E-state index contributed by atoms with van der Waals surface area (Å²) in [6, 6.07) is 5.42. The molecule has 19 heavy (non-hydrogen) atoms. The average molecular weight is 343 g/mol. The van der Waals surface area contributed by atoms with Gasteiger partial charge in [0.1, 0.15) is 4.99 Å². The highest BCUT2D eigenvalue weighted by Gasteiger charge is 2.28. The average Bonchev–Trinajstić information content (AvgIpc) is 2.75. The van der Waals surface area contributed by atoms with Crippen LogP contribution in [0.3, 0.4) is 0 Å². The zero-order chi connectivity index (χ0) is 14.0. The predicted octanol–water partition coefficient (Wildman–Crippen LogP) is 2.45. The van der Waals surface area contributed by atoms with Crippen LogP contribution in [0.1, 0.15) is 18.9 Å². The van der Waals surface area contributed by atoms with Crippen LogP contribution < -0.4 is 11.1 Å². The van der Waals surface area contributed by atoms with Gasteiger partial charge < -0.3 is 15.8 Å². The molecule has 1 saturated heterocycles. The molecule has 4 nitrogen and oxygen atoms in total. The number of ether oxygens (including phenoxy) is 1. The number of hydrogen-bond acceptors (Lipinski definition) is 3. The van der Waals surface area contributed by atoms with E-state index >= 15 is 0 Å². The maximum absolute atomic E-state index is 12.2. The molecule has 1 amide bonds. The van der Waals surface area contributed by atoms with Crippen molar-refractivity contribution in [1.82, 2.24) is 0 Å². The highest BCUT2D eigenvalue weighted by molar-refractivity contribution is 9.10. The monoisotopic (exact) mass is 342 g/mol. The second-order valence-electron chi connectivity index (χ2n) is 4.62. The molecule has 1 fully saturated rings. The van der Waals surface area contributed by atoms with E-state index in [-0.39, 0.29) is 22.9 Å². The van der Waals surface area contributed by atoms with Gasteiger partial charge in [-0.25, -0.2) is 0 Å². The highest BCUT2D eigenvalue weighted by atomic mass is 79.9. The van der Waals surface area contributed by atoms with Crippen molar-refractivity contribution in [3.05, 3.63) is 28.2 Å². The molecule has 2 atom stereocenters. The summed E-state index contributed by atoms with van der Waals surface area (Å²) >= 11 is 8.35. The number of halogens is 1. The van der Waals surface area contributed by atoms with E-state index in [4.69, 9.17) is 22.7 Å². The number of hydrogen-bond donors (Lipinski definition) is 2. The Hall–Kier alpha value is -0.980. The summed E-state index contributed by atoms with van der Waals surface area (Å²) in [6.45, 7) is 2.43. The molecule has 102 valence electrons. The molecule has 1 aliphatic rings. The van der Waals surface area contributed by atoms with E-state index in [9.17, 15) is 4.79 Å². The molecule has 0 bridgehead atoms. The number of benzene rings is 1. The molecule has 0 spiro atoms. The summed E-state index contributed by atoms with van der Waals surface area (Å²) in [5.74, 6) is -0.173. The molecule has 6 heteroatoms. The molecule has 1 aromatic rings. The zero-order valence-corrected chi connectivity index (χ0v) is 12.9. The molecule has 1 aliphatic heterocycles. The summed E-state index contributed by atoms with van der Waals surface area (Å²) in [6.07, 6.45) is 0.871. The van der Waals surface area contributed by atoms with Crippen LogP contribution in [-0.4, -0.2) is 23.6 Å². The fraction of sp³-hybridized carbons (Fsp3) is 0.385. The Balaban J connectivity index is 2.16. The van der Waals surface area contributed by atoms with Crippen LogP contribution in [0.2, 0.25) is 0 Å². The first-order valence-electron chi connectivity index (χ1n) is 5.99. The Morgan fingerprint density at radius 3 is 2.89 bits per heavy atom. The van der Waals surface area contributed by atoms with Crippen LogP contribution in [0.25, 0.3) is 0 Å². The fourth-order valence-electron chi connectivity index (χ4n) is 2.07. The Morgan fingerprint density at radius 1 is 1.58 bits per heavy atom. The summed E-state index contributed by atoms with van der Waals surface area (Å²) in [5.41, 5.74) is 6.95. The van der Waals surface area contributed by atoms with Crippen molar-refractivity contribution in [1.29, 1.82) is 0 Å². The predicted molar refractivity (Wildman–Crippen MR) is 82.2 cm³/mol. The zero-order valence-electron chi connectivity index (χ0n) is 10.5. The fourth-order valence-corrected chi connectivity index (χ4v) is 2.61. The van der Waals surface area contributed by atoms with E-state index in [1.165, 1.54) is 0 Å². The Morgan fingerprint density at radius 2 is 2.32 bits per heavy atom. The van der Waals surface area contributed by atoms with Crippen molar-refractivity contribution in [3.63, 3.8) is 0 Å². The number of thiocarbonyl (C=S) groups is 1. The lowest BCUT2D eigenvalue weighted by molar-refractivity contribution is -0.119. The van der Waals surface area contributed by atoms with Crippen LogP contribution in [0, 0.1) is 5.92 Å². The summed E-state index contributed by atoms with van der Waals surface area (Å²) in [4.78, 5) is 12.4. The number of anilines is 1. The molecule has 0 aromatic heterocycles. The molecule has 1 heterocycles. The van der Waals surface area contributed by atoms with Gasteiger partial charge in [0.15, 0.2) is 0 Å². The minimum atomic E-state index is -0.117. The third-order valence-corrected chi connectivity index (χ3v) is 3.79. The number of nitrogens with one attached hydrogen (secondary N) is 1. The molecular weight excluding hydrogens is 328 g/mol. The van der Waals surface area contributed by atoms with Crippen molar-refractivity contribution in [2.75, 3.05) is 11.9 Å². The lowest BCUT2D eigenvalue weighted by Crippen LogP contribution is -2.25. The molecule has 2 rings (SSSR count). The van der Waals surface area contributed by atoms with Crippen LogP contribution in [0.5, 0.6) is 0 Å². The molecule has 2 unspecified atom stereocenters. The third-order valence-electron chi connectivity index (χ3n) is 3.07. The number of rotatable bonds is 3. The molecule has 0 radical (unpaired) electrons. The van der Waals surface area contributed by atoms with Gasteiger partial charge >= 0.3 is 0 Å². The summed E-state index contributed by atoms with van der Waals surface area (Å²) < 4.78 is 6.27. The van der Waals surface area contributed by atoms with Gasteiger partial charge in [-0.05, 0) is 31.5 Å². The van der Waals surface area contributed by atoms with Crippen molar-refractivity contribution in [2.45, 2.75) is 19.4 Å². The SMILES string of the molecule is CC1CC(C(=O)Nc2cc(Br)ccc2C(N)=S)CO1. The number of carbonyl (C=O) groups is 1. The number of nitrogens with two attached hydrogens (primary N) is 1. The van der Waals surface area contributed by atoms with Gasteiger partial charge in [0, 0.05) is 10.0 Å². The van der Waals surface area contributed by atoms with Crippen LogP contribution in [-0.2, 0) is 9.53 Å². The van der Waals surface area contributed by atoms with Gasteiger partial charge in [0.05, 0.1) is 24.3 Å². The summed E-state index contributed by atoms with van der Waals surface area (Å²) in [5, 5.41) is 2.88. The first-order chi connectivity index (χ1) is 8.97. The van der Waals surface area contributed by atoms with Gasteiger partial charge in [-0.1, -0.05) is 28.1 Å². The van der Waals surface area contributed by atoms with Crippen molar-refractivity contribution >= 4 is 44.7 Å². The van der Waals surface area contributed by atoms with E-state index in [0.29, 0.717) is 17.9 Å². The number of carbonyl (C=O) groups excluding carboxylic acids is 1. The maximum atomic E-state index is 12.2. The van der Waals surface area contributed by atoms with Crippen LogP contribution in [0.15, 0.2) is 22.7 Å². The van der Waals surface area contributed by atoms with Gasteiger partial charge in [0.2, 0.25) is 5.91 Å². The minimum absolute atomic E-state index is 0.0556. The van der Waals surface area contributed by atoms with E-state index in [2.05, 4.69) is 21.2 Å². The maximum Gasteiger partial charge on any atom is 0.229 e. The van der Waals surface area contributed by atoms with Gasteiger partial charge in [-0.3, -0.25) is 4.79 Å².